The van der Waals surface area contributed by atoms with Crippen molar-refractivity contribution < 1.29 is 9.84 Å². The van der Waals surface area contributed by atoms with Crippen LogP contribution < -0.4 is 5.32 Å². The zero-order chi connectivity index (χ0) is 12.5. The SMILES string of the molecule is CCCNCC(O)COCC1CCCC(C)C1. The van der Waals surface area contributed by atoms with E-state index in [-0.39, 0.29) is 6.10 Å². The van der Waals surface area contributed by atoms with Crippen LogP contribution in [0.4, 0.5) is 0 Å². The van der Waals surface area contributed by atoms with Crippen LogP contribution in [-0.2, 0) is 4.74 Å². The summed E-state index contributed by atoms with van der Waals surface area (Å²) in [7, 11) is 0. The molecule has 0 saturated heterocycles. The van der Waals surface area contributed by atoms with Gasteiger partial charge in [0.05, 0.1) is 12.7 Å². The second-order valence-corrected chi connectivity index (χ2v) is 5.53. The van der Waals surface area contributed by atoms with Crippen LogP contribution in [-0.4, -0.2) is 37.5 Å². The van der Waals surface area contributed by atoms with Crippen LogP contribution >= 0.6 is 0 Å². The summed E-state index contributed by atoms with van der Waals surface area (Å²) < 4.78 is 5.62. The molecule has 3 unspecified atom stereocenters. The van der Waals surface area contributed by atoms with Gasteiger partial charge >= 0.3 is 0 Å². The smallest absolute Gasteiger partial charge is 0.0897 e. The summed E-state index contributed by atoms with van der Waals surface area (Å²) in [5.41, 5.74) is 0. The Morgan fingerprint density at radius 3 is 2.94 bits per heavy atom. The molecule has 1 fully saturated rings. The van der Waals surface area contributed by atoms with Crippen molar-refractivity contribution in [3.05, 3.63) is 0 Å². The van der Waals surface area contributed by atoms with Crippen molar-refractivity contribution >= 4 is 0 Å². The first-order chi connectivity index (χ1) is 8.22. The van der Waals surface area contributed by atoms with Gasteiger partial charge in [-0.2, -0.15) is 0 Å². The van der Waals surface area contributed by atoms with E-state index in [1.165, 1.54) is 25.7 Å². The molecule has 0 aliphatic heterocycles. The van der Waals surface area contributed by atoms with Crippen molar-refractivity contribution in [3.63, 3.8) is 0 Å². The standard InChI is InChI=1S/C14H29NO2/c1-3-7-15-9-14(16)11-17-10-13-6-4-5-12(2)8-13/h12-16H,3-11H2,1-2H3. The zero-order valence-electron chi connectivity index (χ0n) is 11.5. The highest BCUT2D eigenvalue weighted by atomic mass is 16.5. The van der Waals surface area contributed by atoms with Crippen LogP contribution in [0.2, 0.25) is 0 Å². The Kier molecular flexibility index (Phi) is 7.82. The molecule has 3 nitrogen and oxygen atoms in total. The van der Waals surface area contributed by atoms with E-state index in [0.29, 0.717) is 13.2 Å². The molecule has 0 heterocycles. The van der Waals surface area contributed by atoms with Gasteiger partial charge in [0, 0.05) is 13.2 Å². The highest BCUT2D eigenvalue weighted by Gasteiger charge is 2.19. The van der Waals surface area contributed by atoms with Gasteiger partial charge in [-0.15, -0.1) is 0 Å². The second kappa shape index (κ2) is 8.90. The molecule has 0 aromatic heterocycles. The van der Waals surface area contributed by atoms with Crippen molar-refractivity contribution in [1.29, 1.82) is 0 Å². The number of hydrogen-bond donors (Lipinski definition) is 2. The van der Waals surface area contributed by atoms with Gasteiger partial charge in [0.2, 0.25) is 0 Å². The highest BCUT2D eigenvalue weighted by molar-refractivity contribution is 4.70. The summed E-state index contributed by atoms with van der Waals surface area (Å²) in [6.07, 6.45) is 6.06. The van der Waals surface area contributed by atoms with E-state index in [1.807, 2.05) is 0 Å². The van der Waals surface area contributed by atoms with Crippen LogP contribution in [0.1, 0.15) is 46.0 Å². The van der Waals surface area contributed by atoms with E-state index < -0.39 is 0 Å². The predicted molar refractivity (Wildman–Crippen MR) is 71.1 cm³/mol. The molecule has 0 spiro atoms. The van der Waals surface area contributed by atoms with Gasteiger partial charge in [-0.05, 0) is 37.6 Å². The van der Waals surface area contributed by atoms with E-state index in [0.717, 1.165) is 31.4 Å². The number of nitrogens with one attached hydrogen (secondary N) is 1. The number of hydrogen-bond acceptors (Lipinski definition) is 3. The van der Waals surface area contributed by atoms with E-state index in [2.05, 4.69) is 19.2 Å². The fourth-order valence-corrected chi connectivity index (χ4v) is 2.59. The molecule has 3 atom stereocenters. The van der Waals surface area contributed by atoms with Gasteiger partial charge < -0.3 is 15.2 Å². The summed E-state index contributed by atoms with van der Waals surface area (Å²) in [5.74, 6) is 1.57. The van der Waals surface area contributed by atoms with Crippen molar-refractivity contribution in [2.75, 3.05) is 26.3 Å². The largest absolute Gasteiger partial charge is 0.389 e. The topological polar surface area (TPSA) is 41.5 Å². The third kappa shape index (κ3) is 7.02. The summed E-state index contributed by atoms with van der Waals surface area (Å²) >= 11 is 0. The van der Waals surface area contributed by atoms with Gasteiger partial charge in [-0.3, -0.25) is 0 Å². The Morgan fingerprint density at radius 1 is 1.41 bits per heavy atom. The first-order valence-corrected chi connectivity index (χ1v) is 7.18. The maximum atomic E-state index is 9.67. The van der Waals surface area contributed by atoms with Gasteiger partial charge in [0.15, 0.2) is 0 Å². The van der Waals surface area contributed by atoms with E-state index >= 15 is 0 Å². The molecular weight excluding hydrogens is 214 g/mol. The van der Waals surface area contributed by atoms with Gasteiger partial charge in [-0.1, -0.05) is 26.7 Å². The Morgan fingerprint density at radius 2 is 2.24 bits per heavy atom. The molecule has 1 aliphatic rings. The number of aliphatic hydroxyl groups is 1. The van der Waals surface area contributed by atoms with Gasteiger partial charge in [-0.25, -0.2) is 0 Å². The molecule has 0 radical (unpaired) electrons. The molecule has 3 heteroatoms. The molecule has 0 aromatic rings. The molecule has 17 heavy (non-hydrogen) atoms. The quantitative estimate of drug-likeness (QED) is 0.642. The van der Waals surface area contributed by atoms with Crippen LogP contribution in [0.25, 0.3) is 0 Å². The zero-order valence-corrected chi connectivity index (χ0v) is 11.5. The van der Waals surface area contributed by atoms with Crippen LogP contribution in [0.15, 0.2) is 0 Å². The van der Waals surface area contributed by atoms with Crippen molar-refractivity contribution in [2.24, 2.45) is 11.8 Å². The molecule has 0 aromatic carbocycles. The average molecular weight is 243 g/mol. The fourth-order valence-electron chi connectivity index (χ4n) is 2.59. The minimum Gasteiger partial charge on any atom is -0.389 e. The van der Waals surface area contributed by atoms with Crippen molar-refractivity contribution in [3.8, 4) is 0 Å². The average Bonchev–Trinajstić information content (AvgIpc) is 2.29. The Hall–Kier alpha value is -0.120. The van der Waals surface area contributed by atoms with Crippen LogP contribution in [0.5, 0.6) is 0 Å². The molecule has 102 valence electrons. The lowest BCUT2D eigenvalue weighted by atomic mass is 9.83. The van der Waals surface area contributed by atoms with E-state index in [1.54, 1.807) is 0 Å². The third-order valence-corrected chi connectivity index (χ3v) is 3.52. The fraction of sp³-hybridized carbons (Fsp3) is 1.00. The maximum absolute atomic E-state index is 9.67. The molecule has 0 bridgehead atoms. The molecule has 1 aliphatic carbocycles. The molecular formula is C14H29NO2. The summed E-state index contributed by atoms with van der Waals surface area (Å²) in [5, 5.41) is 12.9. The number of aliphatic hydroxyl groups excluding tert-OH is 1. The highest BCUT2D eigenvalue weighted by Crippen LogP contribution is 2.28. The summed E-state index contributed by atoms with van der Waals surface area (Å²) in [6.45, 7) is 7.37. The Labute approximate surface area is 106 Å². The van der Waals surface area contributed by atoms with Gasteiger partial charge in [0.25, 0.3) is 0 Å². The second-order valence-electron chi connectivity index (χ2n) is 5.53. The summed E-state index contributed by atoms with van der Waals surface area (Å²) in [4.78, 5) is 0. The molecule has 0 amide bonds. The van der Waals surface area contributed by atoms with Crippen LogP contribution in [0, 0.1) is 11.8 Å². The lowest BCUT2D eigenvalue weighted by Gasteiger charge is -2.26. The lowest BCUT2D eigenvalue weighted by Crippen LogP contribution is -2.31. The predicted octanol–water partition coefficient (Wildman–Crippen LogP) is 2.19. The minimum absolute atomic E-state index is 0.359. The van der Waals surface area contributed by atoms with Gasteiger partial charge in [0.1, 0.15) is 0 Å². The number of rotatable bonds is 8. The molecule has 1 saturated carbocycles. The van der Waals surface area contributed by atoms with Crippen LogP contribution in [0.3, 0.4) is 0 Å². The molecule has 1 rings (SSSR count). The first-order valence-electron chi connectivity index (χ1n) is 7.18. The summed E-state index contributed by atoms with van der Waals surface area (Å²) in [6, 6.07) is 0. The third-order valence-electron chi connectivity index (χ3n) is 3.52. The van der Waals surface area contributed by atoms with Crippen molar-refractivity contribution in [2.45, 2.75) is 52.1 Å². The normalized spacial score (nSPS) is 27.0. The lowest BCUT2D eigenvalue weighted by molar-refractivity contribution is 0.0126. The van der Waals surface area contributed by atoms with E-state index in [4.69, 9.17) is 4.74 Å². The minimum atomic E-state index is -0.359. The number of ether oxygens (including phenoxy) is 1. The maximum Gasteiger partial charge on any atom is 0.0897 e. The monoisotopic (exact) mass is 243 g/mol. The van der Waals surface area contributed by atoms with Crippen molar-refractivity contribution in [1.82, 2.24) is 5.32 Å². The molecule has 2 N–H and O–H groups in total. The Bertz CT molecular complexity index is 187. The Balaban J connectivity index is 1.98. The van der Waals surface area contributed by atoms with E-state index in [9.17, 15) is 5.11 Å². The first kappa shape index (κ1) is 14.9.